The standard InChI is InChI=1S/C18H17Cl2FN2O2/c1-2-9-23(18(25)12-3-6-14(21)7-4-12)11-17(24)22-16-10-13(19)5-8-15(16)20/h3-8,10H,2,9,11H2,1H3,(H,22,24). The van der Waals surface area contributed by atoms with Gasteiger partial charge in [-0.3, -0.25) is 9.59 Å². The van der Waals surface area contributed by atoms with Crippen molar-refractivity contribution in [3.63, 3.8) is 0 Å². The van der Waals surface area contributed by atoms with E-state index in [2.05, 4.69) is 5.32 Å². The van der Waals surface area contributed by atoms with E-state index in [1.807, 2.05) is 6.92 Å². The molecule has 2 amide bonds. The predicted octanol–water partition coefficient (Wildman–Crippen LogP) is 4.62. The Hall–Kier alpha value is -2.11. The van der Waals surface area contributed by atoms with Crippen LogP contribution < -0.4 is 5.32 Å². The van der Waals surface area contributed by atoms with Crippen molar-refractivity contribution in [3.05, 3.63) is 63.9 Å². The van der Waals surface area contributed by atoms with E-state index in [0.717, 1.165) is 0 Å². The topological polar surface area (TPSA) is 49.4 Å². The number of carbonyl (C=O) groups excluding carboxylic acids is 2. The lowest BCUT2D eigenvalue weighted by Crippen LogP contribution is -2.38. The van der Waals surface area contributed by atoms with E-state index in [1.54, 1.807) is 12.1 Å². The summed E-state index contributed by atoms with van der Waals surface area (Å²) in [6.45, 7) is 2.15. The Balaban J connectivity index is 2.09. The Morgan fingerprint density at radius 1 is 1.12 bits per heavy atom. The molecule has 0 fully saturated rings. The lowest BCUT2D eigenvalue weighted by molar-refractivity contribution is -0.116. The molecule has 0 bridgehead atoms. The van der Waals surface area contributed by atoms with Crippen LogP contribution >= 0.6 is 23.2 Å². The van der Waals surface area contributed by atoms with E-state index >= 15 is 0 Å². The van der Waals surface area contributed by atoms with Gasteiger partial charge in [0.25, 0.3) is 5.91 Å². The summed E-state index contributed by atoms with van der Waals surface area (Å²) in [5.74, 6) is -1.16. The van der Waals surface area contributed by atoms with Crippen molar-refractivity contribution >= 4 is 40.7 Å². The van der Waals surface area contributed by atoms with Crippen LogP contribution in [0.3, 0.4) is 0 Å². The summed E-state index contributed by atoms with van der Waals surface area (Å²) >= 11 is 11.9. The fourth-order valence-corrected chi connectivity index (χ4v) is 2.59. The normalized spacial score (nSPS) is 10.4. The third-order valence-corrected chi connectivity index (χ3v) is 3.97. The number of rotatable bonds is 6. The third kappa shape index (κ3) is 5.44. The highest BCUT2D eigenvalue weighted by atomic mass is 35.5. The van der Waals surface area contributed by atoms with Crippen LogP contribution in [0.5, 0.6) is 0 Å². The van der Waals surface area contributed by atoms with Crippen LogP contribution in [0.25, 0.3) is 0 Å². The maximum atomic E-state index is 13.0. The molecule has 0 saturated carbocycles. The van der Waals surface area contributed by atoms with Gasteiger partial charge in [0.2, 0.25) is 5.91 Å². The van der Waals surface area contributed by atoms with Crippen molar-refractivity contribution < 1.29 is 14.0 Å². The molecule has 4 nitrogen and oxygen atoms in total. The van der Waals surface area contributed by atoms with Crippen LogP contribution in [0.2, 0.25) is 10.0 Å². The predicted molar refractivity (Wildman–Crippen MR) is 97.7 cm³/mol. The summed E-state index contributed by atoms with van der Waals surface area (Å²) in [4.78, 5) is 26.2. The van der Waals surface area contributed by atoms with Crippen molar-refractivity contribution in [1.82, 2.24) is 4.90 Å². The van der Waals surface area contributed by atoms with Gasteiger partial charge >= 0.3 is 0 Å². The van der Waals surface area contributed by atoms with Gasteiger partial charge in [0.05, 0.1) is 10.7 Å². The van der Waals surface area contributed by atoms with Crippen molar-refractivity contribution in [3.8, 4) is 0 Å². The first-order valence-corrected chi connectivity index (χ1v) is 8.46. The largest absolute Gasteiger partial charge is 0.329 e. The number of amides is 2. The Bertz CT molecular complexity index is 766. The first-order valence-electron chi connectivity index (χ1n) is 7.70. The number of nitrogens with one attached hydrogen (secondary N) is 1. The van der Waals surface area contributed by atoms with Crippen LogP contribution in [0.15, 0.2) is 42.5 Å². The highest BCUT2D eigenvalue weighted by molar-refractivity contribution is 6.35. The molecule has 7 heteroatoms. The quantitative estimate of drug-likeness (QED) is 0.791. The van der Waals surface area contributed by atoms with E-state index in [0.29, 0.717) is 34.3 Å². The second-order valence-electron chi connectivity index (χ2n) is 5.41. The smallest absolute Gasteiger partial charge is 0.254 e. The highest BCUT2D eigenvalue weighted by Crippen LogP contribution is 2.25. The molecule has 0 aliphatic heterocycles. The van der Waals surface area contributed by atoms with Gasteiger partial charge in [0.15, 0.2) is 0 Å². The summed E-state index contributed by atoms with van der Waals surface area (Å²) in [7, 11) is 0. The summed E-state index contributed by atoms with van der Waals surface area (Å²) in [6.07, 6.45) is 0.679. The first-order chi connectivity index (χ1) is 11.9. The molecule has 0 aliphatic carbocycles. The molecular weight excluding hydrogens is 366 g/mol. The molecule has 0 aromatic heterocycles. The minimum atomic E-state index is -0.424. The Morgan fingerprint density at radius 3 is 2.44 bits per heavy atom. The van der Waals surface area contributed by atoms with E-state index in [4.69, 9.17) is 23.2 Å². The zero-order valence-electron chi connectivity index (χ0n) is 13.6. The first kappa shape index (κ1) is 19.2. The molecule has 1 N–H and O–H groups in total. The van der Waals surface area contributed by atoms with Gasteiger partial charge in [-0.25, -0.2) is 4.39 Å². The van der Waals surface area contributed by atoms with Gasteiger partial charge < -0.3 is 10.2 Å². The SMILES string of the molecule is CCCN(CC(=O)Nc1cc(Cl)ccc1Cl)C(=O)c1ccc(F)cc1. The zero-order valence-corrected chi connectivity index (χ0v) is 15.1. The molecule has 0 heterocycles. The van der Waals surface area contributed by atoms with Crippen molar-refractivity contribution in [2.75, 3.05) is 18.4 Å². The fraction of sp³-hybridized carbons (Fsp3) is 0.222. The minimum absolute atomic E-state index is 0.146. The minimum Gasteiger partial charge on any atom is -0.329 e. The fourth-order valence-electron chi connectivity index (χ4n) is 2.25. The number of nitrogens with zero attached hydrogens (tertiary/aromatic N) is 1. The molecule has 0 saturated heterocycles. The number of hydrogen-bond donors (Lipinski definition) is 1. The third-order valence-electron chi connectivity index (χ3n) is 3.41. The molecule has 0 spiro atoms. The van der Waals surface area contributed by atoms with Gasteiger partial charge in [-0.2, -0.15) is 0 Å². The van der Waals surface area contributed by atoms with Crippen LogP contribution in [-0.2, 0) is 4.79 Å². The zero-order chi connectivity index (χ0) is 18.4. The molecular formula is C18H17Cl2FN2O2. The van der Waals surface area contributed by atoms with Crippen LogP contribution in [-0.4, -0.2) is 29.8 Å². The molecule has 2 aromatic carbocycles. The van der Waals surface area contributed by atoms with E-state index in [1.165, 1.54) is 35.2 Å². The van der Waals surface area contributed by atoms with Gasteiger partial charge in [-0.05, 0) is 48.9 Å². The molecule has 2 aromatic rings. The van der Waals surface area contributed by atoms with Gasteiger partial charge in [-0.15, -0.1) is 0 Å². The number of carbonyl (C=O) groups is 2. The van der Waals surface area contributed by atoms with E-state index in [9.17, 15) is 14.0 Å². The van der Waals surface area contributed by atoms with Crippen LogP contribution in [0, 0.1) is 5.82 Å². The molecule has 132 valence electrons. The molecule has 0 unspecified atom stereocenters. The van der Waals surface area contributed by atoms with Gasteiger partial charge in [0, 0.05) is 17.1 Å². The van der Waals surface area contributed by atoms with Crippen molar-refractivity contribution in [1.29, 1.82) is 0 Å². The van der Waals surface area contributed by atoms with Crippen LogP contribution in [0.1, 0.15) is 23.7 Å². The maximum absolute atomic E-state index is 13.0. The van der Waals surface area contributed by atoms with Crippen LogP contribution in [0.4, 0.5) is 10.1 Å². The number of anilines is 1. The molecule has 0 radical (unpaired) electrons. The molecule has 25 heavy (non-hydrogen) atoms. The number of hydrogen-bond acceptors (Lipinski definition) is 2. The van der Waals surface area contributed by atoms with Crippen molar-refractivity contribution in [2.24, 2.45) is 0 Å². The van der Waals surface area contributed by atoms with Crippen molar-refractivity contribution in [2.45, 2.75) is 13.3 Å². The Kier molecular flexibility index (Phi) is 6.79. The average molecular weight is 383 g/mol. The molecule has 2 rings (SSSR count). The van der Waals surface area contributed by atoms with E-state index in [-0.39, 0.29) is 12.5 Å². The van der Waals surface area contributed by atoms with Gasteiger partial charge in [-0.1, -0.05) is 30.1 Å². The van der Waals surface area contributed by atoms with Gasteiger partial charge in [0.1, 0.15) is 12.4 Å². The lowest BCUT2D eigenvalue weighted by Gasteiger charge is -2.22. The summed E-state index contributed by atoms with van der Waals surface area (Å²) in [6, 6.07) is 9.94. The molecule has 0 aliphatic rings. The lowest BCUT2D eigenvalue weighted by atomic mass is 10.2. The molecule has 0 atom stereocenters. The second-order valence-corrected chi connectivity index (χ2v) is 6.25. The Labute approximate surface area is 155 Å². The summed E-state index contributed by atoms with van der Waals surface area (Å²) < 4.78 is 13.0. The number of halogens is 3. The average Bonchev–Trinajstić information content (AvgIpc) is 2.58. The maximum Gasteiger partial charge on any atom is 0.254 e. The number of benzene rings is 2. The summed E-state index contributed by atoms with van der Waals surface area (Å²) in [5.41, 5.74) is 0.702. The monoisotopic (exact) mass is 382 g/mol. The van der Waals surface area contributed by atoms with E-state index < -0.39 is 11.7 Å². The second kappa shape index (κ2) is 8.83. The Morgan fingerprint density at radius 2 is 1.80 bits per heavy atom. The summed E-state index contributed by atoms with van der Waals surface area (Å²) in [5, 5.41) is 3.44. The highest BCUT2D eigenvalue weighted by Gasteiger charge is 2.19.